The summed E-state index contributed by atoms with van der Waals surface area (Å²) in [5.41, 5.74) is 0. The highest BCUT2D eigenvalue weighted by Crippen LogP contribution is 2.24. The number of nitrogens with zero attached hydrogens (tertiary/aromatic N) is 2. The Bertz CT molecular complexity index is 176. The third-order valence-electron chi connectivity index (χ3n) is 0.573. The molecule has 44 valence electrons. The lowest BCUT2D eigenvalue weighted by Crippen LogP contribution is -1.66. The zero-order chi connectivity index (χ0) is 5.98. The summed E-state index contributed by atoms with van der Waals surface area (Å²) in [6.45, 7) is 1.90. The molecular formula is C3H3ClN2S2. The highest BCUT2D eigenvalue weighted by molar-refractivity contribution is 8.22. The van der Waals surface area contributed by atoms with Gasteiger partial charge in [0.05, 0.1) is 0 Å². The molecule has 0 aliphatic rings. The predicted molar refractivity (Wildman–Crippen MR) is 36.4 cm³/mol. The van der Waals surface area contributed by atoms with Crippen molar-refractivity contribution >= 4 is 33.0 Å². The zero-order valence-corrected chi connectivity index (χ0v) is 6.48. The minimum absolute atomic E-state index is 0.809. The Kier molecular flexibility index (Phi) is 2.10. The monoisotopic (exact) mass is 166 g/mol. The van der Waals surface area contributed by atoms with Gasteiger partial charge < -0.3 is 0 Å². The Labute approximate surface area is 59.8 Å². The Morgan fingerprint density at radius 3 is 2.62 bits per heavy atom. The molecule has 0 aromatic carbocycles. The molecule has 1 aromatic rings. The quantitative estimate of drug-likeness (QED) is 0.639. The minimum atomic E-state index is 0.809. The van der Waals surface area contributed by atoms with E-state index in [9.17, 15) is 0 Å². The predicted octanol–water partition coefficient (Wildman–Crippen LogP) is 2.09. The topological polar surface area (TPSA) is 25.8 Å². The third kappa shape index (κ3) is 1.34. The first-order chi connectivity index (χ1) is 3.83. The summed E-state index contributed by atoms with van der Waals surface area (Å²) in [6.07, 6.45) is 0. The van der Waals surface area contributed by atoms with E-state index in [1.807, 2.05) is 6.92 Å². The average molecular weight is 167 g/mol. The minimum Gasteiger partial charge on any atom is -0.143 e. The van der Waals surface area contributed by atoms with Gasteiger partial charge >= 0.3 is 0 Å². The molecular weight excluding hydrogens is 164 g/mol. The lowest BCUT2D eigenvalue weighted by Gasteiger charge is -1.72. The van der Waals surface area contributed by atoms with Crippen molar-refractivity contribution in [2.45, 2.75) is 11.3 Å². The van der Waals surface area contributed by atoms with E-state index >= 15 is 0 Å². The molecule has 0 saturated heterocycles. The number of aryl methyl sites for hydroxylation is 1. The summed E-state index contributed by atoms with van der Waals surface area (Å²) in [6, 6.07) is 0. The van der Waals surface area contributed by atoms with Crippen LogP contribution in [0.3, 0.4) is 0 Å². The van der Waals surface area contributed by atoms with Crippen LogP contribution in [0.15, 0.2) is 4.34 Å². The van der Waals surface area contributed by atoms with Crippen LogP contribution in [0.1, 0.15) is 5.01 Å². The molecule has 0 unspecified atom stereocenters. The van der Waals surface area contributed by atoms with Gasteiger partial charge in [0.1, 0.15) is 5.01 Å². The summed E-state index contributed by atoms with van der Waals surface area (Å²) < 4.78 is 0.809. The zero-order valence-electron chi connectivity index (χ0n) is 4.09. The molecule has 0 spiro atoms. The first kappa shape index (κ1) is 6.32. The van der Waals surface area contributed by atoms with E-state index in [0.29, 0.717) is 0 Å². The van der Waals surface area contributed by atoms with E-state index in [2.05, 4.69) is 10.2 Å². The molecule has 1 aromatic heterocycles. The number of hydrogen-bond acceptors (Lipinski definition) is 4. The molecule has 0 fully saturated rings. The van der Waals surface area contributed by atoms with Crippen LogP contribution in [0.5, 0.6) is 0 Å². The summed E-state index contributed by atoms with van der Waals surface area (Å²) in [4.78, 5) is 0. The molecule has 0 N–H and O–H groups in total. The smallest absolute Gasteiger partial charge is 0.143 e. The van der Waals surface area contributed by atoms with Crippen LogP contribution in [0, 0.1) is 6.92 Å². The normalized spacial score (nSPS) is 9.75. The Morgan fingerprint density at radius 2 is 2.38 bits per heavy atom. The number of aromatic nitrogens is 2. The molecule has 8 heavy (non-hydrogen) atoms. The van der Waals surface area contributed by atoms with Crippen LogP contribution in [0.4, 0.5) is 0 Å². The van der Waals surface area contributed by atoms with Gasteiger partial charge in [-0.15, -0.1) is 10.2 Å². The van der Waals surface area contributed by atoms with Gasteiger partial charge in [0, 0.05) is 11.0 Å². The van der Waals surface area contributed by atoms with Crippen molar-refractivity contribution in [3.05, 3.63) is 5.01 Å². The third-order valence-corrected chi connectivity index (χ3v) is 2.63. The summed E-state index contributed by atoms with van der Waals surface area (Å²) in [7, 11) is 6.47. The fraction of sp³-hybridized carbons (Fsp3) is 0.333. The van der Waals surface area contributed by atoms with Crippen molar-refractivity contribution in [3.8, 4) is 0 Å². The van der Waals surface area contributed by atoms with Gasteiger partial charge in [-0.25, -0.2) is 0 Å². The van der Waals surface area contributed by atoms with Gasteiger partial charge in [-0.3, -0.25) is 0 Å². The molecule has 1 rings (SSSR count). The highest BCUT2D eigenvalue weighted by atomic mass is 35.7. The molecule has 1 heterocycles. The van der Waals surface area contributed by atoms with Gasteiger partial charge in [0.2, 0.25) is 0 Å². The fourth-order valence-electron chi connectivity index (χ4n) is 0.310. The van der Waals surface area contributed by atoms with E-state index in [1.54, 1.807) is 0 Å². The van der Waals surface area contributed by atoms with Crippen molar-refractivity contribution in [2.24, 2.45) is 0 Å². The Balaban J connectivity index is 2.84. The summed E-state index contributed by atoms with van der Waals surface area (Å²) in [5, 5.41) is 8.44. The molecule has 0 amide bonds. The van der Waals surface area contributed by atoms with E-state index in [1.165, 1.54) is 11.3 Å². The maximum absolute atomic E-state index is 5.36. The Hall–Kier alpha value is 0.200. The van der Waals surface area contributed by atoms with Gasteiger partial charge in [0.15, 0.2) is 4.34 Å². The van der Waals surface area contributed by atoms with Gasteiger partial charge in [0.25, 0.3) is 0 Å². The second kappa shape index (κ2) is 2.66. The van der Waals surface area contributed by atoms with Crippen LogP contribution < -0.4 is 0 Å². The van der Waals surface area contributed by atoms with E-state index in [-0.39, 0.29) is 0 Å². The van der Waals surface area contributed by atoms with E-state index < -0.39 is 0 Å². The highest BCUT2D eigenvalue weighted by Gasteiger charge is 1.96. The molecule has 2 nitrogen and oxygen atoms in total. The molecule has 0 atom stereocenters. The molecule has 0 bridgehead atoms. The van der Waals surface area contributed by atoms with Crippen LogP contribution in [-0.2, 0) is 0 Å². The van der Waals surface area contributed by atoms with Crippen LogP contribution in [0.25, 0.3) is 0 Å². The van der Waals surface area contributed by atoms with Crippen molar-refractivity contribution in [1.82, 2.24) is 10.2 Å². The maximum Gasteiger partial charge on any atom is 0.189 e. The average Bonchev–Trinajstić information content (AvgIpc) is 2.14. The fourth-order valence-corrected chi connectivity index (χ4v) is 1.66. The number of rotatable bonds is 1. The van der Waals surface area contributed by atoms with Crippen LogP contribution in [-0.4, -0.2) is 10.2 Å². The van der Waals surface area contributed by atoms with Crippen LogP contribution in [0.2, 0.25) is 0 Å². The van der Waals surface area contributed by atoms with Crippen molar-refractivity contribution < 1.29 is 0 Å². The molecule has 0 saturated carbocycles. The SMILES string of the molecule is Cc1nnc(SCl)s1. The summed E-state index contributed by atoms with van der Waals surface area (Å²) >= 11 is 1.50. The van der Waals surface area contributed by atoms with E-state index in [0.717, 1.165) is 20.3 Å². The first-order valence-electron chi connectivity index (χ1n) is 1.91. The molecule has 0 aliphatic heterocycles. The number of halogens is 1. The van der Waals surface area contributed by atoms with Crippen molar-refractivity contribution in [3.63, 3.8) is 0 Å². The Morgan fingerprint density at radius 1 is 1.62 bits per heavy atom. The molecule has 5 heteroatoms. The second-order valence-corrected chi connectivity index (χ2v) is 3.61. The number of hydrogen-bond donors (Lipinski definition) is 0. The standard InChI is InChI=1S/C3H3ClN2S2/c1-2-5-6-3(7-2)8-4/h1H3. The maximum atomic E-state index is 5.36. The van der Waals surface area contributed by atoms with Crippen molar-refractivity contribution in [2.75, 3.05) is 0 Å². The van der Waals surface area contributed by atoms with Crippen molar-refractivity contribution in [1.29, 1.82) is 0 Å². The molecule has 0 aliphatic carbocycles. The van der Waals surface area contributed by atoms with Gasteiger partial charge in [-0.2, -0.15) is 0 Å². The lowest BCUT2D eigenvalue weighted by molar-refractivity contribution is 0.986. The first-order valence-corrected chi connectivity index (χ1v) is 4.37. The second-order valence-electron chi connectivity index (χ2n) is 1.16. The molecule has 0 radical (unpaired) electrons. The lowest BCUT2D eigenvalue weighted by atomic mass is 10.9. The summed E-state index contributed by atoms with van der Waals surface area (Å²) in [5.74, 6) is 0. The van der Waals surface area contributed by atoms with Gasteiger partial charge in [-0.05, 0) is 17.6 Å². The largest absolute Gasteiger partial charge is 0.189 e. The van der Waals surface area contributed by atoms with Gasteiger partial charge in [-0.1, -0.05) is 11.3 Å². The van der Waals surface area contributed by atoms with E-state index in [4.69, 9.17) is 10.7 Å². The van der Waals surface area contributed by atoms with Crippen LogP contribution >= 0.6 is 33.0 Å².